The highest BCUT2D eigenvalue weighted by Crippen LogP contribution is 2.07. The third-order valence-electron chi connectivity index (χ3n) is 2.83. The lowest BCUT2D eigenvalue weighted by Gasteiger charge is -2.10. The Morgan fingerprint density at radius 3 is 2.86 bits per heavy atom. The second kappa shape index (κ2) is 11.5. The summed E-state index contributed by atoms with van der Waals surface area (Å²) in [7, 11) is 0. The Kier molecular flexibility index (Phi) is 9.82. The Morgan fingerprint density at radius 1 is 1.33 bits per heavy atom. The average molecular weight is 312 g/mol. The molecule has 0 aliphatic carbocycles. The number of rotatable bonds is 10. The molecule has 0 atom stereocenters. The molecule has 0 bridgehead atoms. The quantitative estimate of drug-likeness (QED) is 0.396. The fraction of sp³-hybridized carbons (Fsp3) is 0.733. The molecule has 0 unspecified atom stereocenters. The molecule has 0 spiro atoms. The van der Waals surface area contributed by atoms with Crippen LogP contribution in [-0.2, 0) is 11.2 Å². The van der Waals surface area contributed by atoms with Crippen LogP contribution in [0.3, 0.4) is 0 Å². The van der Waals surface area contributed by atoms with Gasteiger partial charge in [-0.3, -0.25) is 4.99 Å². The van der Waals surface area contributed by atoms with Crippen LogP contribution in [-0.4, -0.2) is 43.8 Å². The summed E-state index contributed by atoms with van der Waals surface area (Å²) < 4.78 is 5.51. The summed E-state index contributed by atoms with van der Waals surface area (Å²) in [6.07, 6.45) is 3.21. The monoisotopic (exact) mass is 312 g/mol. The standard InChI is InChI=1S/C15H28N4OS/c1-4-6-10-20-11-9-18-15(16-5-2)17-8-7-14-12-21-13(3)19-14/h12H,4-11H2,1-3H3,(H2,16,17,18). The zero-order chi connectivity index (χ0) is 15.3. The van der Waals surface area contributed by atoms with Crippen molar-refractivity contribution < 1.29 is 4.74 Å². The summed E-state index contributed by atoms with van der Waals surface area (Å²) in [5.41, 5.74) is 1.14. The van der Waals surface area contributed by atoms with Gasteiger partial charge in [0.25, 0.3) is 0 Å². The number of ether oxygens (including phenoxy) is 1. The van der Waals surface area contributed by atoms with E-state index in [-0.39, 0.29) is 0 Å². The minimum absolute atomic E-state index is 0.682. The molecule has 0 amide bonds. The van der Waals surface area contributed by atoms with E-state index >= 15 is 0 Å². The molecule has 6 heteroatoms. The van der Waals surface area contributed by atoms with Gasteiger partial charge in [-0.05, 0) is 20.3 Å². The highest BCUT2D eigenvalue weighted by molar-refractivity contribution is 7.09. The van der Waals surface area contributed by atoms with Crippen molar-refractivity contribution in [3.63, 3.8) is 0 Å². The molecule has 0 radical (unpaired) electrons. The van der Waals surface area contributed by atoms with Crippen molar-refractivity contribution in [1.29, 1.82) is 0 Å². The predicted octanol–water partition coefficient (Wildman–Crippen LogP) is 2.37. The van der Waals surface area contributed by atoms with Crippen LogP contribution in [0.25, 0.3) is 0 Å². The van der Waals surface area contributed by atoms with Gasteiger partial charge in [-0.15, -0.1) is 11.3 Å². The minimum Gasteiger partial charge on any atom is -0.380 e. The predicted molar refractivity (Wildman–Crippen MR) is 90.3 cm³/mol. The van der Waals surface area contributed by atoms with E-state index in [9.17, 15) is 0 Å². The second-order valence-electron chi connectivity index (χ2n) is 4.76. The van der Waals surface area contributed by atoms with Gasteiger partial charge in [0.1, 0.15) is 0 Å². The average Bonchev–Trinajstić information content (AvgIpc) is 2.88. The van der Waals surface area contributed by atoms with Crippen molar-refractivity contribution >= 4 is 17.3 Å². The number of guanidine groups is 1. The van der Waals surface area contributed by atoms with Crippen LogP contribution in [0.4, 0.5) is 0 Å². The number of thiazole rings is 1. The van der Waals surface area contributed by atoms with Gasteiger partial charge < -0.3 is 15.4 Å². The fourth-order valence-electron chi connectivity index (χ4n) is 1.74. The van der Waals surface area contributed by atoms with Crippen molar-refractivity contribution in [2.75, 3.05) is 32.8 Å². The Labute approximate surface area is 132 Å². The SMILES string of the molecule is CCCCOCCN=C(NCC)NCCc1csc(C)n1. The Morgan fingerprint density at radius 2 is 2.19 bits per heavy atom. The van der Waals surface area contributed by atoms with Crippen LogP contribution in [0.1, 0.15) is 37.4 Å². The summed E-state index contributed by atoms with van der Waals surface area (Å²) in [5.74, 6) is 0.851. The van der Waals surface area contributed by atoms with Gasteiger partial charge >= 0.3 is 0 Å². The molecule has 0 aliphatic heterocycles. The lowest BCUT2D eigenvalue weighted by Crippen LogP contribution is -2.38. The molecule has 0 aliphatic rings. The van der Waals surface area contributed by atoms with Crippen LogP contribution in [0, 0.1) is 6.92 Å². The molecule has 1 heterocycles. The normalized spacial score (nSPS) is 11.7. The first-order chi connectivity index (χ1) is 10.3. The number of hydrogen-bond acceptors (Lipinski definition) is 4. The molecule has 120 valence electrons. The lowest BCUT2D eigenvalue weighted by atomic mass is 10.3. The van der Waals surface area contributed by atoms with Crippen LogP contribution >= 0.6 is 11.3 Å². The summed E-state index contributed by atoms with van der Waals surface area (Å²) in [6, 6.07) is 0. The van der Waals surface area contributed by atoms with E-state index in [1.807, 2.05) is 6.92 Å². The van der Waals surface area contributed by atoms with Crippen LogP contribution in [0.15, 0.2) is 10.4 Å². The van der Waals surface area contributed by atoms with E-state index in [0.717, 1.165) is 49.2 Å². The largest absolute Gasteiger partial charge is 0.380 e. The van der Waals surface area contributed by atoms with E-state index in [1.165, 1.54) is 6.42 Å². The summed E-state index contributed by atoms with van der Waals surface area (Å²) >= 11 is 1.70. The first kappa shape index (κ1) is 17.9. The maximum Gasteiger partial charge on any atom is 0.191 e. The first-order valence-corrected chi connectivity index (χ1v) is 8.65. The molecule has 0 fully saturated rings. The fourth-order valence-corrected chi connectivity index (χ4v) is 2.39. The van der Waals surface area contributed by atoms with E-state index in [4.69, 9.17) is 4.74 Å². The van der Waals surface area contributed by atoms with Gasteiger partial charge in [0.2, 0.25) is 0 Å². The summed E-state index contributed by atoms with van der Waals surface area (Å²) in [5, 5.41) is 9.80. The van der Waals surface area contributed by atoms with Crippen molar-refractivity contribution in [3.8, 4) is 0 Å². The minimum atomic E-state index is 0.682. The van der Waals surface area contributed by atoms with Crippen LogP contribution < -0.4 is 10.6 Å². The lowest BCUT2D eigenvalue weighted by molar-refractivity contribution is 0.139. The number of nitrogens with one attached hydrogen (secondary N) is 2. The van der Waals surface area contributed by atoms with Crippen LogP contribution in [0.5, 0.6) is 0 Å². The zero-order valence-electron chi connectivity index (χ0n) is 13.4. The molecule has 2 N–H and O–H groups in total. The Hall–Kier alpha value is -1.14. The molecule has 0 saturated heterocycles. The van der Waals surface area contributed by atoms with Gasteiger partial charge in [0, 0.05) is 31.5 Å². The Balaban J connectivity index is 2.21. The molecule has 21 heavy (non-hydrogen) atoms. The second-order valence-corrected chi connectivity index (χ2v) is 5.82. The molecule has 1 rings (SSSR count). The third-order valence-corrected chi connectivity index (χ3v) is 3.65. The van der Waals surface area contributed by atoms with Crippen molar-refractivity contribution in [1.82, 2.24) is 15.6 Å². The molecular formula is C15H28N4OS. The molecule has 5 nitrogen and oxygen atoms in total. The van der Waals surface area contributed by atoms with Crippen molar-refractivity contribution in [2.45, 2.75) is 40.0 Å². The summed E-state index contributed by atoms with van der Waals surface area (Å²) in [6.45, 7) is 10.2. The van der Waals surface area contributed by atoms with Gasteiger partial charge in [-0.2, -0.15) is 0 Å². The van der Waals surface area contributed by atoms with E-state index in [2.05, 4.69) is 39.8 Å². The van der Waals surface area contributed by atoms with E-state index < -0.39 is 0 Å². The number of aliphatic imine (C=N–C) groups is 1. The van der Waals surface area contributed by atoms with Gasteiger partial charge in [-0.1, -0.05) is 13.3 Å². The molecule has 0 aromatic carbocycles. The smallest absolute Gasteiger partial charge is 0.191 e. The van der Waals surface area contributed by atoms with E-state index in [0.29, 0.717) is 13.2 Å². The number of hydrogen-bond donors (Lipinski definition) is 2. The van der Waals surface area contributed by atoms with Crippen LogP contribution in [0.2, 0.25) is 0 Å². The number of unbranched alkanes of at least 4 members (excludes halogenated alkanes) is 1. The molecule has 1 aromatic heterocycles. The highest BCUT2D eigenvalue weighted by Gasteiger charge is 2.00. The zero-order valence-corrected chi connectivity index (χ0v) is 14.3. The van der Waals surface area contributed by atoms with Gasteiger partial charge in [0.05, 0.1) is 23.9 Å². The topological polar surface area (TPSA) is 58.5 Å². The van der Waals surface area contributed by atoms with Gasteiger partial charge in [-0.25, -0.2) is 4.98 Å². The number of aryl methyl sites for hydroxylation is 1. The number of nitrogens with zero attached hydrogens (tertiary/aromatic N) is 2. The molecule has 1 aromatic rings. The summed E-state index contributed by atoms with van der Waals surface area (Å²) in [4.78, 5) is 8.95. The van der Waals surface area contributed by atoms with Crippen molar-refractivity contribution in [2.24, 2.45) is 4.99 Å². The number of aromatic nitrogens is 1. The first-order valence-electron chi connectivity index (χ1n) is 7.77. The third kappa shape index (κ3) is 8.67. The van der Waals surface area contributed by atoms with E-state index in [1.54, 1.807) is 11.3 Å². The van der Waals surface area contributed by atoms with Gasteiger partial charge in [0.15, 0.2) is 5.96 Å². The maximum absolute atomic E-state index is 5.51. The maximum atomic E-state index is 5.51. The highest BCUT2D eigenvalue weighted by atomic mass is 32.1. The van der Waals surface area contributed by atoms with Crippen molar-refractivity contribution in [3.05, 3.63) is 16.1 Å². The molecular weight excluding hydrogens is 284 g/mol. The molecule has 0 saturated carbocycles. The Bertz CT molecular complexity index is 406.